The lowest BCUT2D eigenvalue weighted by Crippen LogP contribution is -2.20. The van der Waals surface area contributed by atoms with Gasteiger partial charge >= 0.3 is 0 Å². The Morgan fingerprint density at radius 2 is 1.86 bits per heavy atom. The van der Waals surface area contributed by atoms with Crippen molar-refractivity contribution in [1.29, 1.82) is 0 Å². The minimum Gasteiger partial charge on any atom is -0.309 e. The zero-order valence-electron chi connectivity index (χ0n) is 12.1. The van der Waals surface area contributed by atoms with Crippen LogP contribution in [0.1, 0.15) is 41.1 Å². The summed E-state index contributed by atoms with van der Waals surface area (Å²) in [6.07, 6.45) is 4.77. The second kappa shape index (κ2) is 6.17. The van der Waals surface area contributed by atoms with Gasteiger partial charge in [0.2, 0.25) is 0 Å². The molecular weight excluding hydrogens is 285 g/mol. The van der Waals surface area contributed by atoms with Crippen molar-refractivity contribution in [2.45, 2.75) is 31.7 Å². The number of hydrogen-bond acceptors (Lipinski definition) is 1. The number of nitrogens with one attached hydrogen (secondary N) is 1. The molecule has 1 aliphatic carbocycles. The molecule has 0 fully saturated rings. The first-order valence-electron chi connectivity index (χ1n) is 7.43. The molecule has 21 heavy (non-hydrogen) atoms. The van der Waals surface area contributed by atoms with Crippen molar-refractivity contribution in [2.24, 2.45) is 0 Å². The molecule has 0 amide bonds. The number of rotatable bonds is 3. The van der Waals surface area contributed by atoms with E-state index in [1.165, 1.54) is 30.0 Å². The summed E-state index contributed by atoms with van der Waals surface area (Å²) in [4.78, 5) is 0. The zero-order chi connectivity index (χ0) is 14.8. The molecule has 0 heterocycles. The van der Waals surface area contributed by atoms with Crippen molar-refractivity contribution in [2.75, 3.05) is 7.05 Å². The first kappa shape index (κ1) is 14.6. The molecule has 110 valence electrons. The topological polar surface area (TPSA) is 12.0 Å². The molecule has 0 bridgehead atoms. The van der Waals surface area contributed by atoms with Crippen LogP contribution in [0, 0.1) is 5.82 Å². The highest BCUT2D eigenvalue weighted by atomic mass is 35.5. The number of halogens is 2. The van der Waals surface area contributed by atoms with Crippen LogP contribution in [-0.4, -0.2) is 7.05 Å². The Balaban J connectivity index is 2.04. The van der Waals surface area contributed by atoms with Gasteiger partial charge in [0.15, 0.2) is 0 Å². The summed E-state index contributed by atoms with van der Waals surface area (Å²) < 4.78 is 14.2. The van der Waals surface area contributed by atoms with E-state index in [-0.39, 0.29) is 11.9 Å². The van der Waals surface area contributed by atoms with E-state index in [1.807, 2.05) is 7.05 Å². The Morgan fingerprint density at radius 3 is 2.57 bits per heavy atom. The number of aryl methyl sites for hydroxylation is 2. The molecule has 0 saturated heterocycles. The second-order valence-corrected chi connectivity index (χ2v) is 6.00. The molecule has 1 N–H and O–H groups in total. The van der Waals surface area contributed by atoms with Gasteiger partial charge in [-0.05, 0) is 61.6 Å². The van der Waals surface area contributed by atoms with Crippen LogP contribution in [0.2, 0.25) is 5.02 Å². The fourth-order valence-corrected chi connectivity index (χ4v) is 3.47. The molecule has 0 saturated carbocycles. The normalized spacial score (nSPS) is 15.6. The third-order valence-corrected chi connectivity index (χ3v) is 4.61. The van der Waals surface area contributed by atoms with Crippen molar-refractivity contribution in [3.8, 4) is 0 Å². The Kier molecular flexibility index (Phi) is 4.27. The predicted molar refractivity (Wildman–Crippen MR) is 85.4 cm³/mol. The highest BCUT2D eigenvalue weighted by Crippen LogP contribution is 2.32. The molecule has 3 heteroatoms. The molecule has 0 aromatic heterocycles. The minimum atomic E-state index is -0.264. The monoisotopic (exact) mass is 303 g/mol. The van der Waals surface area contributed by atoms with E-state index in [0.29, 0.717) is 10.6 Å². The summed E-state index contributed by atoms with van der Waals surface area (Å²) in [5.41, 5.74) is 4.42. The fraction of sp³-hybridized carbons (Fsp3) is 0.333. The molecule has 0 spiro atoms. The standard InChI is InChI=1S/C18H19ClFN/c1-21-18(17-15(19)7-4-8-16(17)20)14-10-9-12-5-2-3-6-13(12)11-14/h4,7-11,18,21H,2-3,5-6H2,1H3. The maximum absolute atomic E-state index is 14.2. The zero-order valence-corrected chi connectivity index (χ0v) is 12.9. The van der Waals surface area contributed by atoms with Crippen LogP contribution < -0.4 is 5.32 Å². The number of benzene rings is 2. The molecule has 3 rings (SSSR count). The smallest absolute Gasteiger partial charge is 0.129 e. The summed E-state index contributed by atoms with van der Waals surface area (Å²) in [5.74, 6) is -0.264. The fourth-order valence-electron chi connectivity index (χ4n) is 3.20. The first-order chi connectivity index (χ1) is 10.2. The summed E-state index contributed by atoms with van der Waals surface area (Å²) in [7, 11) is 1.84. The van der Waals surface area contributed by atoms with Crippen molar-refractivity contribution in [1.82, 2.24) is 5.32 Å². The summed E-state index contributed by atoms with van der Waals surface area (Å²) in [6.45, 7) is 0. The summed E-state index contributed by atoms with van der Waals surface area (Å²) >= 11 is 6.22. The van der Waals surface area contributed by atoms with Gasteiger partial charge in [-0.15, -0.1) is 0 Å². The second-order valence-electron chi connectivity index (χ2n) is 5.59. The van der Waals surface area contributed by atoms with Crippen LogP contribution in [0.5, 0.6) is 0 Å². The van der Waals surface area contributed by atoms with Gasteiger partial charge in [0.05, 0.1) is 6.04 Å². The average molecular weight is 304 g/mol. The highest BCUT2D eigenvalue weighted by molar-refractivity contribution is 6.31. The van der Waals surface area contributed by atoms with E-state index in [9.17, 15) is 4.39 Å². The molecule has 0 aliphatic heterocycles. The van der Waals surface area contributed by atoms with Crippen LogP contribution in [0.15, 0.2) is 36.4 Å². The first-order valence-corrected chi connectivity index (χ1v) is 7.81. The summed E-state index contributed by atoms with van der Waals surface area (Å²) in [5, 5.41) is 3.66. The Hall–Kier alpha value is -1.38. The molecule has 2 aromatic rings. The third kappa shape index (κ3) is 2.83. The minimum absolute atomic E-state index is 0.217. The Morgan fingerprint density at radius 1 is 1.10 bits per heavy atom. The lowest BCUT2D eigenvalue weighted by atomic mass is 9.88. The third-order valence-electron chi connectivity index (χ3n) is 4.28. The largest absolute Gasteiger partial charge is 0.309 e. The van der Waals surface area contributed by atoms with Gasteiger partial charge in [0, 0.05) is 10.6 Å². The molecule has 1 unspecified atom stereocenters. The molecule has 1 atom stereocenters. The van der Waals surface area contributed by atoms with E-state index in [0.717, 1.165) is 18.4 Å². The molecule has 0 radical (unpaired) electrons. The predicted octanol–water partition coefficient (Wildman–Crippen LogP) is 4.67. The van der Waals surface area contributed by atoms with Crippen molar-refractivity contribution in [3.05, 3.63) is 69.5 Å². The van der Waals surface area contributed by atoms with Gasteiger partial charge in [0.25, 0.3) is 0 Å². The quantitative estimate of drug-likeness (QED) is 0.869. The molecule has 1 nitrogen and oxygen atoms in total. The molecular formula is C18H19ClFN. The maximum Gasteiger partial charge on any atom is 0.129 e. The summed E-state index contributed by atoms with van der Waals surface area (Å²) in [6, 6.07) is 11.1. The number of hydrogen-bond donors (Lipinski definition) is 1. The van der Waals surface area contributed by atoms with E-state index in [2.05, 4.69) is 23.5 Å². The molecule has 2 aromatic carbocycles. The van der Waals surface area contributed by atoms with Gasteiger partial charge in [-0.2, -0.15) is 0 Å². The van der Waals surface area contributed by atoms with Crippen LogP contribution >= 0.6 is 11.6 Å². The maximum atomic E-state index is 14.2. The Labute approximate surface area is 130 Å². The van der Waals surface area contributed by atoms with Gasteiger partial charge in [0.1, 0.15) is 5.82 Å². The van der Waals surface area contributed by atoms with Gasteiger partial charge in [-0.3, -0.25) is 0 Å². The van der Waals surface area contributed by atoms with E-state index < -0.39 is 0 Å². The van der Waals surface area contributed by atoms with Crippen LogP contribution in [0.4, 0.5) is 4.39 Å². The van der Waals surface area contributed by atoms with Gasteiger partial charge in [-0.1, -0.05) is 35.9 Å². The highest BCUT2D eigenvalue weighted by Gasteiger charge is 2.20. The van der Waals surface area contributed by atoms with E-state index in [1.54, 1.807) is 12.1 Å². The SMILES string of the molecule is CNC(c1ccc2c(c1)CCCC2)c1c(F)cccc1Cl. The van der Waals surface area contributed by atoms with Crippen LogP contribution in [0.3, 0.4) is 0 Å². The van der Waals surface area contributed by atoms with E-state index in [4.69, 9.17) is 11.6 Å². The van der Waals surface area contributed by atoms with Crippen LogP contribution in [-0.2, 0) is 12.8 Å². The number of fused-ring (bicyclic) bond motifs is 1. The van der Waals surface area contributed by atoms with Crippen LogP contribution in [0.25, 0.3) is 0 Å². The lowest BCUT2D eigenvalue weighted by molar-refractivity contribution is 0.575. The van der Waals surface area contributed by atoms with Gasteiger partial charge < -0.3 is 5.32 Å². The van der Waals surface area contributed by atoms with Crippen molar-refractivity contribution >= 4 is 11.6 Å². The van der Waals surface area contributed by atoms with Gasteiger partial charge in [-0.25, -0.2) is 4.39 Å². The Bertz CT molecular complexity index is 633. The van der Waals surface area contributed by atoms with Crippen molar-refractivity contribution < 1.29 is 4.39 Å². The lowest BCUT2D eigenvalue weighted by Gasteiger charge is -2.22. The van der Waals surface area contributed by atoms with Crippen molar-refractivity contribution in [3.63, 3.8) is 0 Å². The van der Waals surface area contributed by atoms with E-state index >= 15 is 0 Å². The molecule has 1 aliphatic rings. The average Bonchev–Trinajstić information content (AvgIpc) is 2.50.